The maximum absolute atomic E-state index is 11.6. The second-order valence-electron chi connectivity index (χ2n) is 3.24. The van der Waals surface area contributed by atoms with Crippen molar-refractivity contribution in [2.24, 2.45) is 0 Å². The maximum atomic E-state index is 11.6. The Balaban J connectivity index is 2.47. The molecule has 0 saturated carbocycles. The van der Waals surface area contributed by atoms with Crippen molar-refractivity contribution in [2.75, 3.05) is 7.11 Å². The number of hydrogen-bond donors (Lipinski definition) is 0. The van der Waals surface area contributed by atoms with Gasteiger partial charge in [0, 0.05) is 7.11 Å². The number of Topliss-reactive ketones (excluding diaryl/α,β-unsaturated/α-hetero) is 1. The lowest BCUT2D eigenvalue weighted by atomic mass is 10.1. The van der Waals surface area contributed by atoms with Gasteiger partial charge in [-0.05, 0) is 18.6 Å². The number of ether oxygens (including phenoxy) is 1. The van der Waals surface area contributed by atoms with Crippen LogP contribution in [0.25, 0.3) is 0 Å². The highest BCUT2D eigenvalue weighted by molar-refractivity contribution is 5.84. The van der Waals surface area contributed by atoms with E-state index in [1.165, 1.54) is 0 Å². The third-order valence-corrected chi connectivity index (χ3v) is 2.12. The van der Waals surface area contributed by atoms with Gasteiger partial charge in [0.05, 0.1) is 12.7 Å². The number of carbonyl (C=O) groups is 1. The first-order chi connectivity index (χ1) is 6.77. The van der Waals surface area contributed by atoms with E-state index < -0.39 is 0 Å². The van der Waals surface area contributed by atoms with Crippen molar-refractivity contribution in [3.05, 3.63) is 24.2 Å². The van der Waals surface area contributed by atoms with Gasteiger partial charge in [-0.25, -0.2) is 0 Å². The Bertz CT molecular complexity index is 264. The second-order valence-corrected chi connectivity index (χ2v) is 3.24. The van der Waals surface area contributed by atoms with Crippen molar-refractivity contribution in [1.82, 2.24) is 0 Å². The summed E-state index contributed by atoms with van der Waals surface area (Å²) in [4.78, 5) is 11.6. The third kappa shape index (κ3) is 3.00. The van der Waals surface area contributed by atoms with E-state index in [0.717, 1.165) is 12.8 Å². The summed E-state index contributed by atoms with van der Waals surface area (Å²) >= 11 is 0. The molecule has 3 heteroatoms. The van der Waals surface area contributed by atoms with Crippen LogP contribution in [0.15, 0.2) is 22.8 Å². The summed E-state index contributed by atoms with van der Waals surface area (Å²) in [7, 11) is 1.57. The SMILES string of the molecule is CCCC(OC)C(=O)Cc1ccco1. The van der Waals surface area contributed by atoms with Crippen LogP contribution < -0.4 is 0 Å². The van der Waals surface area contributed by atoms with Crippen molar-refractivity contribution in [1.29, 1.82) is 0 Å². The zero-order valence-electron chi connectivity index (χ0n) is 8.66. The molecule has 0 aliphatic heterocycles. The fourth-order valence-corrected chi connectivity index (χ4v) is 1.37. The van der Waals surface area contributed by atoms with Crippen LogP contribution in [0.4, 0.5) is 0 Å². The topological polar surface area (TPSA) is 39.4 Å². The van der Waals surface area contributed by atoms with Crippen molar-refractivity contribution in [2.45, 2.75) is 32.3 Å². The molecule has 0 aromatic carbocycles. The minimum absolute atomic E-state index is 0.0873. The van der Waals surface area contributed by atoms with Gasteiger partial charge in [-0.1, -0.05) is 13.3 Å². The van der Waals surface area contributed by atoms with Crippen molar-refractivity contribution in [3.63, 3.8) is 0 Å². The average molecular weight is 196 g/mol. The Morgan fingerprint density at radius 1 is 1.64 bits per heavy atom. The molecule has 3 nitrogen and oxygen atoms in total. The first-order valence-corrected chi connectivity index (χ1v) is 4.85. The molecular formula is C11H16O3. The van der Waals surface area contributed by atoms with E-state index in [9.17, 15) is 4.79 Å². The number of ketones is 1. The molecule has 0 aliphatic carbocycles. The van der Waals surface area contributed by atoms with Gasteiger partial charge in [-0.2, -0.15) is 0 Å². The monoisotopic (exact) mass is 196 g/mol. The highest BCUT2D eigenvalue weighted by Crippen LogP contribution is 2.08. The van der Waals surface area contributed by atoms with E-state index in [-0.39, 0.29) is 11.9 Å². The molecule has 1 unspecified atom stereocenters. The number of furan rings is 1. The van der Waals surface area contributed by atoms with E-state index in [0.29, 0.717) is 12.2 Å². The van der Waals surface area contributed by atoms with Gasteiger partial charge in [0.15, 0.2) is 5.78 Å². The summed E-state index contributed by atoms with van der Waals surface area (Å²) < 4.78 is 10.2. The van der Waals surface area contributed by atoms with E-state index in [4.69, 9.17) is 9.15 Å². The molecule has 0 saturated heterocycles. The molecule has 1 aromatic heterocycles. The van der Waals surface area contributed by atoms with Crippen LogP contribution in [0.5, 0.6) is 0 Å². The van der Waals surface area contributed by atoms with Gasteiger partial charge in [0.1, 0.15) is 11.9 Å². The Morgan fingerprint density at radius 3 is 2.93 bits per heavy atom. The molecular weight excluding hydrogens is 180 g/mol. The molecule has 0 spiro atoms. The summed E-state index contributed by atoms with van der Waals surface area (Å²) in [6, 6.07) is 3.58. The maximum Gasteiger partial charge on any atom is 0.169 e. The summed E-state index contributed by atoms with van der Waals surface area (Å²) in [6.07, 6.45) is 3.33. The van der Waals surface area contributed by atoms with Crippen LogP contribution in [0.1, 0.15) is 25.5 Å². The lowest BCUT2D eigenvalue weighted by Gasteiger charge is -2.11. The van der Waals surface area contributed by atoms with E-state index in [1.54, 1.807) is 25.5 Å². The summed E-state index contributed by atoms with van der Waals surface area (Å²) in [6.45, 7) is 2.03. The molecule has 0 bridgehead atoms. The quantitative estimate of drug-likeness (QED) is 0.700. The number of methoxy groups -OCH3 is 1. The van der Waals surface area contributed by atoms with Gasteiger partial charge >= 0.3 is 0 Å². The highest BCUT2D eigenvalue weighted by Gasteiger charge is 2.17. The Morgan fingerprint density at radius 2 is 2.43 bits per heavy atom. The van der Waals surface area contributed by atoms with Crippen molar-refractivity contribution in [3.8, 4) is 0 Å². The first kappa shape index (κ1) is 11.0. The van der Waals surface area contributed by atoms with Crippen LogP contribution in [-0.2, 0) is 16.0 Å². The summed E-state index contributed by atoms with van der Waals surface area (Å²) in [5.41, 5.74) is 0. The fourth-order valence-electron chi connectivity index (χ4n) is 1.37. The first-order valence-electron chi connectivity index (χ1n) is 4.85. The average Bonchev–Trinajstić information content (AvgIpc) is 2.66. The highest BCUT2D eigenvalue weighted by atomic mass is 16.5. The molecule has 0 radical (unpaired) electrons. The Kier molecular flexibility index (Phi) is 4.40. The third-order valence-electron chi connectivity index (χ3n) is 2.12. The van der Waals surface area contributed by atoms with E-state index in [1.807, 2.05) is 6.92 Å². The van der Waals surface area contributed by atoms with Gasteiger partial charge in [-0.3, -0.25) is 4.79 Å². The van der Waals surface area contributed by atoms with Gasteiger partial charge in [0.2, 0.25) is 0 Å². The number of carbonyl (C=O) groups excluding carboxylic acids is 1. The largest absolute Gasteiger partial charge is 0.469 e. The fraction of sp³-hybridized carbons (Fsp3) is 0.545. The Hall–Kier alpha value is -1.09. The number of hydrogen-bond acceptors (Lipinski definition) is 3. The van der Waals surface area contributed by atoms with Crippen molar-refractivity contribution >= 4 is 5.78 Å². The van der Waals surface area contributed by atoms with Crippen LogP contribution >= 0.6 is 0 Å². The van der Waals surface area contributed by atoms with Crippen LogP contribution in [0.3, 0.4) is 0 Å². The normalized spacial score (nSPS) is 12.7. The predicted octanol–water partition coefficient (Wildman–Crippen LogP) is 2.21. The van der Waals surface area contributed by atoms with Gasteiger partial charge < -0.3 is 9.15 Å². The molecule has 1 aromatic rings. The summed E-state index contributed by atoms with van der Waals surface area (Å²) in [5, 5.41) is 0. The summed E-state index contributed by atoms with van der Waals surface area (Å²) in [5.74, 6) is 0.789. The lowest BCUT2D eigenvalue weighted by molar-refractivity contribution is -0.128. The molecule has 78 valence electrons. The Labute approximate surface area is 84.1 Å². The zero-order chi connectivity index (χ0) is 10.4. The molecule has 0 amide bonds. The zero-order valence-corrected chi connectivity index (χ0v) is 8.66. The lowest BCUT2D eigenvalue weighted by Crippen LogP contribution is -2.24. The minimum atomic E-state index is -0.287. The predicted molar refractivity (Wildman–Crippen MR) is 53.1 cm³/mol. The smallest absolute Gasteiger partial charge is 0.169 e. The van der Waals surface area contributed by atoms with Crippen LogP contribution in [0, 0.1) is 0 Å². The van der Waals surface area contributed by atoms with E-state index >= 15 is 0 Å². The molecule has 1 heterocycles. The second kappa shape index (κ2) is 5.60. The van der Waals surface area contributed by atoms with Crippen LogP contribution in [-0.4, -0.2) is 19.0 Å². The molecule has 0 N–H and O–H groups in total. The van der Waals surface area contributed by atoms with Gasteiger partial charge in [0.25, 0.3) is 0 Å². The molecule has 0 aliphatic rings. The van der Waals surface area contributed by atoms with Crippen molar-refractivity contribution < 1.29 is 13.9 Å². The molecule has 1 atom stereocenters. The minimum Gasteiger partial charge on any atom is -0.469 e. The molecule has 14 heavy (non-hydrogen) atoms. The molecule has 0 fully saturated rings. The van der Waals surface area contributed by atoms with Gasteiger partial charge in [-0.15, -0.1) is 0 Å². The van der Waals surface area contributed by atoms with Crippen LogP contribution in [0.2, 0.25) is 0 Å². The number of rotatable bonds is 6. The van der Waals surface area contributed by atoms with E-state index in [2.05, 4.69) is 0 Å². The molecule has 1 rings (SSSR count). The standard InChI is InChI=1S/C11H16O3/c1-3-5-11(13-2)10(12)8-9-6-4-7-14-9/h4,6-7,11H,3,5,8H2,1-2H3.